The molecule has 0 unspecified atom stereocenters. The summed E-state index contributed by atoms with van der Waals surface area (Å²) in [6.45, 7) is 1.98. The van der Waals surface area contributed by atoms with Gasteiger partial charge in [-0.05, 0) is 17.5 Å². The number of carbonyl (C=O) groups excluding carboxylic acids is 1. The highest BCUT2D eigenvalue weighted by Gasteiger charge is 2.15. The van der Waals surface area contributed by atoms with E-state index in [9.17, 15) is 4.79 Å². The zero-order chi connectivity index (χ0) is 9.97. The van der Waals surface area contributed by atoms with Crippen molar-refractivity contribution in [2.45, 2.75) is 13.3 Å². The topological polar surface area (TPSA) is 30.2 Å². The SMILES string of the molecule is CCc1occc1C(=O)c1cccs1. The van der Waals surface area contributed by atoms with Gasteiger partial charge in [-0.1, -0.05) is 13.0 Å². The summed E-state index contributed by atoms with van der Waals surface area (Å²) in [5.41, 5.74) is 0.690. The van der Waals surface area contributed by atoms with E-state index in [1.807, 2.05) is 24.4 Å². The first kappa shape index (κ1) is 9.21. The van der Waals surface area contributed by atoms with Gasteiger partial charge in [-0.25, -0.2) is 0 Å². The van der Waals surface area contributed by atoms with E-state index in [1.54, 1.807) is 12.3 Å². The minimum Gasteiger partial charge on any atom is -0.469 e. The van der Waals surface area contributed by atoms with Crippen molar-refractivity contribution in [2.75, 3.05) is 0 Å². The number of hydrogen-bond donors (Lipinski definition) is 0. The average molecular weight is 206 g/mol. The summed E-state index contributed by atoms with van der Waals surface area (Å²) < 4.78 is 5.22. The zero-order valence-electron chi connectivity index (χ0n) is 7.82. The Labute approximate surface area is 86.2 Å². The molecule has 14 heavy (non-hydrogen) atoms. The normalized spacial score (nSPS) is 10.4. The second-order valence-corrected chi connectivity index (χ2v) is 3.87. The van der Waals surface area contributed by atoms with Crippen LogP contribution >= 0.6 is 11.3 Å². The van der Waals surface area contributed by atoms with Crippen LogP contribution in [0.5, 0.6) is 0 Å². The highest BCUT2D eigenvalue weighted by molar-refractivity contribution is 7.12. The van der Waals surface area contributed by atoms with E-state index in [0.29, 0.717) is 5.56 Å². The van der Waals surface area contributed by atoms with E-state index in [1.165, 1.54) is 11.3 Å². The van der Waals surface area contributed by atoms with Gasteiger partial charge in [0, 0.05) is 6.42 Å². The first-order valence-corrected chi connectivity index (χ1v) is 5.35. The zero-order valence-corrected chi connectivity index (χ0v) is 8.64. The molecule has 2 aromatic rings. The molecule has 72 valence electrons. The number of aryl methyl sites for hydroxylation is 1. The minimum atomic E-state index is 0.0607. The van der Waals surface area contributed by atoms with Crippen molar-refractivity contribution >= 4 is 17.1 Å². The first-order chi connectivity index (χ1) is 6.83. The number of hydrogen-bond acceptors (Lipinski definition) is 3. The van der Waals surface area contributed by atoms with Crippen LogP contribution in [0.25, 0.3) is 0 Å². The maximum Gasteiger partial charge on any atom is 0.206 e. The highest BCUT2D eigenvalue weighted by atomic mass is 32.1. The van der Waals surface area contributed by atoms with E-state index < -0.39 is 0 Å². The molecule has 0 aliphatic heterocycles. The lowest BCUT2D eigenvalue weighted by Gasteiger charge is -1.96. The monoisotopic (exact) mass is 206 g/mol. The van der Waals surface area contributed by atoms with E-state index in [2.05, 4.69) is 0 Å². The van der Waals surface area contributed by atoms with Gasteiger partial charge in [0.2, 0.25) is 5.78 Å². The molecule has 2 heterocycles. The molecule has 0 aromatic carbocycles. The Hall–Kier alpha value is -1.35. The number of carbonyl (C=O) groups is 1. The highest BCUT2D eigenvalue weighted by Crippen LogP contribution is 2.19. The van der Waals surface area contributed by atoms with Gasteiger partial charge in [-0.15, -0.1) is 11.3 Å². The Morgan fingerprint density at radius 2 is 2.36 bits per heavy atom. The van der Waals surface area contributed by atoms with Crippen LogP contribution in [0.4, 0.5) is 0 Å². The predicted molar refractivity (Wildman–Crippen MR) is 55.8 cm³/mol. The van der Waals surface area contributed by atoms with Crippen molar-refractivity contribution in [1.29, 1.82) is 0 Å². The number of furan rings is 1. The summed E-state index contributed by atoms with van der Waals surface area (Å²) in [7, 11) is 0. The van der Waals surface area contributed by atoms with Gasteiger partial charge in [0.05, 0.1) is 16.7 Å². The molecule has 3 heteroatoms. The quantitative estimate of drug-likeness (QED) is 0.722. The van der Waals surface area contributed by atoms with Gasteiger partial charge < -0.3 is 4.42 Å². The van der Waals surface area contributed by atoms with Gasteiger partial charge in [-0.2, -0.15) is 0 Å². The van der Waals surface area contributed by atoms with E-state index in [4.69, 9.17) is 4.42 Å². The minimum absolute atomic E-state index is 0.0607. The molecule has 0 aliphatic rings. The lowest BCUT2D eigenvalue weighted by Crippen LogP contribution is -1.99. The van der Waals surface area contributed by atoms with Crippen molar-refractivity contribution in [3.63, 3.8) is 0 Å². The van der Waals surface area contributed by atoms with Gasteiger partial charge in [-0.3, -0.25) is 4.79 Å². The molecule has 2 aromatic heterocycles. The van der Waals surface area contributed by atoms with Crippen molar-refractivity contribution < 1.29 is 9.21 Å². The molecule has 2 nitrogen and oxygen atoms in total. The molecule has 0 saturated heterocycles. The fourth-order valence-electron chi connectivity index (χ4n) is 1.36. The summed E-state index contributed by atoms with van der Waals surface area (Å²) >= 11 is 1.46. The van der Waals surface area contributed by atoms with Crippen LogP contribution in [0.1, 0.15) is 27.9 Å². The third-order valence-electron chi connectivity index (χ3n) is 2.06. The molecule has 0 saturated carbocycles. The Bertz CT molecular complexity index is 426. The molecule has 0 N–H and O–H groups in total. The molecule has 0 fully saturated rings. The Balaban J connectivity index is 2.36. The van der Waals surface area contributed by atoms with Crippen LogP contribution in [-0.2, 0) is 6.42 Å². The smallest absolute Gasteiger partial charge is 0.206 e. The standard InChI is InChI=1S/C11H10O2S/c1-2-9-8(5-6-13-9)11(12)10-4-3-7-14-10/h3-7H,2H2,1H3. The third-order valence-corrected chi connectivity index (χ3v) is 2.92. The lowest BCUT2D eigenvalue weighted by molar-refractivity contribution is 0.104. The Morgan fingerprint density at radius 3 is 3.00 bits per heavy atom. The van der Waals surface area contributed by atoms with Crippen LogP contribution in [0, 0.1) is 0 Å². The summed E-state index contributed by atoms with van der Waals surface area (Å²) in [4.78, 5) is 12.7. The number of thiophene rings is 1. The molecular weight excluding hydrogens is 196 g/mol. The van der Waals surface area contributed by atoms with Crippen molar-refractivity contribution in [2.24, 2.45) is 0 Å². The molecule has 0 spiro atoms. The van der Waals surface area contributed by atoms with Gasteiger partial charge >= 0.3 is 0 Å². The van der Waals surface area contributed by atoms with E-state index >= 15 is 0 Å². The van der Waals surface area contributed by atoms with Crippen molar-refractivity contribution in [1.82, 2.24) is 0 Å². The predicted octanol–water partition coefficient (Wildman–Crippen LogP) is 3.13. The maximum absolute atomic E-state index is 11.9. The summed E-state index contributed by atoms with van der Waals surface area (Å²) in [6, 6.07) is 5.45. The molecular formula is C11H10O2S. The lowest BCUT2D eigenvalue weighted by atomic mass is 10.1. The van der Waals surface area contributed by atoms with Crippen molar-refractivity contribution in [3.8, 4) is 0 Å². The van der Waals surface area contributed by atoms with E-state index in [0.717, 1.165) is 17.1 Å². The van der Waals surface area contributed by atoms with Gasteiger partial charge in [0.15, 0.2) is 0 Å². The van der Waals surface area contributed by atoms with Crippen LogP contribution < -0.4 is 0 Å². The number of ketones is 1. The fourth-order valence-corrected chi connectivity index (χ4v) is 2.04. The first-order valence-electron chi connectivity index (χ1n) is 4.47. The van der Waals surface area contributed by atoms with E-state index in [-0.39, 0.29) is 5.78 Å². The molecule has 0 radical (unpaired) electrons. The van der Waals surface area contributed by atoms with Crippen LogP contribution in [0.3, 0.4) is 0 Å². The Kier molecular flexibility index (Phi) is 2.50. The largest absolute Gasteiger partial charge is 0.469 e. The second-order valence-electron chi connectivity index (χ2n) is 2.92. The van der Waals surface area contributed by atoms with Crippen LogP contribution in [0.2, 0.25) is 0 Å². The average Bonchev–Trinajstić information content (AvgIpc) is 2.87. The third kappa shape index (κ3) is 1.51. The molecule has 0 atom stereocenters. The molecule has 0 amide bonds. The summed E-state index contributed by atoms with van der Waals surface area (Å²) in [5, 5.41) is 1.90. The molecule has 0 aliphatic carbocycles. The van der Waals surface area contributed by atoms with Gasteiger partial charge in [0.1, 0.15) is 5.76 Å². The fraction of sp³-hybridized carbons (Fsp3) is 0.182. The van der Waals surface area contributed by atoms with Gasteiger partial charge in [0.25, 0.3) is 0 Å². The number of rotatable bonds is 3. The molecule has 0 bridgehead atoms. The Morgan fingerprint density at radius 1 is 1.50 bits per heavy atom. The van der Waals surface area contributed by atoms with Crippen molar-refractivity contribution in [3.05, 3.63) is 46.0 Å². The van der Waals surface area contributed by atoms with Crippen LogP contribution in [-0.4, -0.2) is 5.78 Å². The van der Waals surface area contributed by atoms with Crippen LogP contribution in [0.15, 0.2) is 34.3 Å². The summed E-state index contributed by atoms with van der Waals surface area (Å²) in [5.74, 6) is 0.828. The summed E-state index contributed by atoms with van der Waals surface area (Å²) in [6.07, 6.45) is 2.32. The molecule has 2 rings (SSSR count). The second kappa shape index (κ2) is 3.80. The maximum atomic E-state index is 11.9.